The highest BCUT2D eigenvalue weighted by Gasteiger charge is 2.62. The lowest BCUT2D eigenvalue weighted by atomic mass is 9.66. The molecule has 0 radical (unpaired) electrons. The monoisotopic (exact) mass is 772 g/mol. The van der Waals surface area contributed by atoms with Crippen LogP contribution in [-0.2, 0) is 17.3 Å². The van der Waals surface area contributed by atoms with E-state index in [1.54, 1.807) is 0 Å². The first-order chi connectivity index (χ1) is 24.2. The zero-order valence-electron chi connectivity index (χ0n) is 26.6. The topological polar surface area (TPSA) is 92.5 Å². The number of alkyl halides is 14. The van der Waals surface area contributed by atoms with E-state index in [0.29, 0.717) is 0 Å². The Labute approximate surface area is 290 Å². The fourth-order valence-electron chi connectivity index (χ4n) is 6.55. The Morgan fingerprint density at radius 2 is 0.792 bits per heavy atom. The van der Waals surface area contributed by atoms with E-state index in [9.17, 15) is 54.1 Å². The van der Waals surface area contributed by atoms with E-state index in [-0.39, 0.29) is 34.4 Å². The molecule has 0 spiro atoms. The lowest BCUT2D eigenvalue weighted by Crippen LogP contribution is -2.40. The number of fused-ring (bicyclic) bond motifs is 3. The van der Waals surface area contributed by atoms with Crippen LogP contribution in [0.3, 0.4) is 0 Å². The van der Waals surface area contributed by atoms with Gasteiger partial charge in [0, 0.05) is 25.7 Å². The lowest BCUT2D eigenvalue weighted by molar-refractivity contribution is -0.234. The second-order valence-corrected chi connectivity index (χ2v) is 12.6. The number of phenols is 2. The van der Waals surface area contributed by atoms with Gasteiger partial charge in [-0.05, 0) is 57.6 Å². The fourth-order valence-corrected chi connectivity index (χ4v) is 6.55. The minimum Gasteiger partial charge on any atom is -0.505 e. The first-order valence-electron chi connectivity index (χ1n) is 15.3. The summed E-state index contributed by atoms with van der Waals surface area (Å²) in [5, 5.41) is 21.2. The number of benzene rings is 4. The Morgan fingerprint density at radius 3 is 1.11 bits per heavy atom. The molecular weight excluding hydrogens is 746 g/mol. The Balaban J connectivity index is 1.87. The van der Waals surface area contributed by atoms with E-state index < -0.39 is 112 Å². The SMILES string of the molecule is Nc1cc(C2(c3cc(N)c(O)c(C(F)(F)C(F)(F)CCC(F)(F)F)c3)c3ccccc3-c3ccccc32)cc(C(F)(F)C(F)(F)CCC(F)(F)F)c1O. The van der Waals surface area contributed by atoms with Gasteiger partial charge in [0.2, 0.25) is 0 Å². The molecule has 0 saturated carbocycles. The molecule has 0 unspecified atom stereocenters. The van der Waals surface area contributed by atoms with E-state index in [0.717, 1.165) is 12.1 Å². The summed E-state index contributed by atoms with van der Waals surface area (Å²) in [6.45, 7) is 0. The van der Waals surface area contributed by atoms with Gasteiger partial charge in [-0.3, -0.25) is 0 Å². The van der Waals surface area contributed by atoms with Gasteiger partial charge in [-0.25, -0.2) is 0 Å². The van der Waals surface area contributed by atoms with E-state index in [4.69, 9.17) is 11.5 Å². The van der Waals surface area contributed by atoms with Crippen molar-refractivity contribution in [2.45, 2.75) is 67.1 Å². The number of anilines is 2. The quantitative estimate of drug-likeness (QED) is 0.0646. The van der Waals surface area contributed by atoms with Gasteiger partial charge in [-0.15, -0.1) is 0 Å². The lowest BCUT2D eigenvalue weighted by Gasteiger charge is -2.37. The molecule has 4 aromatic rings. The standard InChI is InChI=1S/C35H26F14N2O2/c36-29(37,9-11-31(40,41)42)34(46,47)23-13-17(15-25(50)27(23)52)33(21-7-3-1-5-19(21)20-6-2-4-8-22(20)33)18-14-24(28(53)26(51)16-18)35(48,49)30(38,39)10-12-32(43,44)45/h1-8,13-16,52-53H,9-12,50-51H2. The van der Waals surface area contributed by atoms with Crippen LogP contribution in [0.4, 0.5) is 72.8 Å². The number of nitrogens with two attached hydrogens (primary N) is 2. The minimum absolute atomic E-state index is 0.0347. The molecule has 0 bridgehead atoms. The molecule has 0 atom stereocenters. The van der Waals surface area contributed by atoms with Crippen molar-refractivity contribution < 1.29 is 71.7 Å². The van der Waals surface area contributed by atoms with Crippen LogP contribution in [0.2, 0.25) is 0 Å². The van der Waals surface area contributed by atoms with Crippen LogP contribution in [-0.4, -0.2) is 34.4 Å². The average molecular weight is 773 g/mol. The second-order valence-electron chi connectivity index (χ2n) is 12.6. The molecule has 0 amide bonds. The molecule has 1 aliphatic carbocycles. The highest BCUT2D eigenvalue weighted by Crippen LogP contribution is 2.60. The predicted octanol–water partition coefficient (Wildman–Crippen LogP) is 10.8. The maximum Gasteiger partial charge on any atom is 0.389 e. The van der Waals surface area contributed by atoms with Crippen LogP contribution in [0.5, 0.6) is 11.5 Å². The third-order valence-corrected chi connectivity index (χ3v) is 9.14. The maximum atomic E-state index is 15.7. The van der Waals surface area contributed by atoms with Gasteiger partial charge in [0.15, 0.2) is 0 Å². The first kappa shape index (κ1) is 39.3. The Kier molecular flexibility index (Phi) is 9.35. The van der Waals surface area contributed by atoms with Gasteiger partial charge < -0.3 is 21.7 Å². The number of halogens is 14. The van der Waals surface area contributed by atoms with Crippen molar-refractivity contribution in [3.05, 3.63) is 106 Å². The van der Waals surface area contributed by atoms with E-state index in [1.165, 1.54) is 48.5 Å². The third kappa shape index (κ3) is 6.53. The molecule has 0 saturated heterocycles. The molecule has 6 N–H and O–H groups in total. The van der Waals surface area contributed by atoms with Crippen molar-refractivity contribution >= 4 is 11.4 Å². The zero-order valence-corrected chi connectivity index (χ0v) is 26.6. The van der Waals surface area contributed by atoms with Crippen molar-refractivity contribution in [1.29, 1.82) is 0 Å². The summed E-state index contributed by atoms with van der Waals surface area (Å²) >= 11 is 0. The normalized spacial score (nSPS) is 15.0. The van der Waals surface area contributed by atoms with E-state index in [1.807, 2.05) is 0 Å². The van der Waals surface area contributed by atoms with Crippen LogP contribution in [0.1, 0.15) is 59.1 Å². The number of phenolic OH excluding ortho intramolecular Hbond substituents is 2. The maximum absolute atomic E-state index is 15.7. The summed E-state index contributed by atoms with van der Waals surface area (Å²) < 4.78 is 200. The summed E-state index contributed by atoms with van der Waals surface area (Å²) in [6, 6.07) is 13.1. The summed E-state index contributed by atoms with van der Waals surface area (Å²) in [5.74, 6) is -25.5. The van der Waals surface area contributed by atoms with Crippen molar-refractivity contribution in [3.63, 3.8) is 0 Å². The van der Waals surface area contributed by atoms with E-state index >= 15 is 17.6 Å². The van der Waals surface area contributed by atoms with Gasteiger partial charge in [-0.2, -0.15) is 61.5 Å². The zero-order chi connectivity index (χ0) is 39.7. The molecule has 53 heavy (non-hydrogen) atoms. The summed E-state index contributed by atoms with van der Waals surface area (Å²) in [7, 11) is 0. The van der Waals surface area contributed by atoms with Gasteiger partial charge in [0.25, 0.3) is 0 Å². The van der Waals surface area contributed by atoms with E-state index in [2.05, 4.69) is 0 Å². The minimum atomic E-state index is -5.59. The van der Waals surface area contributed by atoms with Crippen LogP contribution in [0.25, 0.3) is 11.1 Å². The molecule has 0 fully saturated rings. The van der Waals surface area contributed by atoms with Gasteiger partial charge in [-0.1, -0.05) is 48.5 Å². The number of aromatic hydroxyl groups is 2. The number of nitrogen functional groups attached to an aromatic ring is 2. The molecule has 5 rings (SSSR count). The molecule has 0 heterocycles. The second kappa shape index (κ2) is 12.6. The van der Waals surface area contributed by atoms with Crippen LogP contribution in [0.15, 0.2) is 72.8 Å². The summed E-state index contributed by atoms with van der Waals surface area (Å²) in [6.07, 6.45) is -20.2. The van der Waals surface area contributed by atoms with Crippen molar-refractivity contribution in [1.82, 2.24) is 0 Å². The number of rotatable bonds is 10. The molecular formula is C35H26F14N2O2. The van der Waals surface area contributed by atoms with Crippen molar-refractivity contribution in [2.75, 3.05) is 11.5 Å². The Morgan fingerprint density at radius 1 is 0.472 bits per heavy atom. The van der Waals surface area contributed by atoms with Crippen molar-refractivity contribution in [2.24, 2.45) is 0 Å². The highest BCUT2D eigenvalue weighted by molar-refractivity contribution is 5.87. The summed E-state index contributed by atoms with van der Waals surface area (Å²) in [5.41, 5.74) is 2.35. The molecule has 4 aromatic carbocycles. The van der Waals surface area contributed by atoms with Crippen LogP contribution in [0, 0.1) is 0 Å². The van der Waals surface area contributed by atoms with Gasteiger partial charge >= 0.3 is 36.0 Å². The number of hydrogen-bond donors (Lipinski definition) is 4. The largest absolute Gasteiger partial charge is 0.505 e. The van der Waals surface area contributed by atoms with Crippen molar-refractivity contribution in [3.8, 4) is 22.6 Å². The molecule has 0 aromatic heterocycles. The fraction of sp³-hybridized carbons (Fsp3) is 0.314. The van der Waals surface area contributed by atoms with Gasteiger partial charge in [0.1, 0.15) is 11.5 Å². The molecule has 4 nitrogen and oxygen atoms in total. The molecule has 18 heteroatoms. The van der Waals surface area contributed by atoms with Crippen LogP contribution >= 0.6 is 0 Å². The molecule has 286 valence electrons. The average Bonchev–Trinajstić information content (AvgIpc) is 3.35. The Bertz CT molecular complexity index is 1900. The smallest absolute Gasteiger partial charge is 0.389 e. The van der Waals surface area contributed by atoms with Crippen LogP contribution < -0.4 is 11.5 Å². The third-order valence-electron chi connectivity index (χ3n) is 9.14. The summed E-state index contributed by atoms with van der Waals surface area (Å²) in [4.78, 5) is 0. The predicted molar refractivity (Wildman–Crippen MR) is 164 cm³/mol. The first-order valence-corrected chi connectivity index (χ1v) is 15.3. The van der Waals surface area contributed by atoms with Gasteiger partial charge in [0.05, 0.1) is 27.9 Å². The Hall–Kier alpha value is -4.90. The molecule has 0 aliphatic heterocycles. The number of hydrogen-bond acceptors (Lipinski definition) is 4. The molecule has 1 aliphatic rings. The highest BCUT2D eigenvalue weighted by atomic mass is 19.4.